The first kappa shape index (κ1) is 19.3. The van der Waals surface area contributed by atoms with Gasteiger partial charge in [0.15, 0.2) is 0 Å². The zero-order valence-electron chi connectivity index (χ0n) is 17.2. The number of benzene rings is 1. The van der Waals surface area contributed by atoms with Gasteiger partial charge in [0.05, 0.1) is 7.11 Å². The lowest BCUT2D eigenvalue weighted by Gasteiger charge is -2.48. The highest BCUT2D eigenvalue weighted by Gasteiger charge is 2.47. The Balaban J connectivity index is 1.27. The van der Waals surface area contributed by atoms with Crippen molar-refractivity contribution < 1.29 is 14.3 Å². The second kappa shape index (κ2) is 7.41. The van der Waals surface area contributed by atoms with E-state index in [4.69, 9.17) is 0 Å². The maximum absolute atomic E-state index is 12.8. The van der Waals surface area contributed by atoms with Gasteiger partial charge in [0.2, 0.25) is 5.91 Å². The summed E-state index contributed by atoms with van der Waals surface area (Å²) in [6.07, 6.45) is 7.09. The number of hydrogen-bond acceptors (Lipinski definition) is 3. The zero-order valence-corrected chi connectivity index (χ0v) is 17.2. The number of carbonyl (C=O) groups is 2. The zero-order chi connectivity index (χ0) is 19.9. The van der Waals surface area contributed by atoms with Crippen molar-refractivity contribution in [2.24, 2.45) is 5.92 Å². The van der Waals surface area contributed by atoms with Crippen molar-refractivity contribution in [2.45, 2.75) is 75.3 Å². The quantitative estimate of drug-likeness (QED) is 0.828. The third-order valence-electron chi connectivity index (χ3n) is 7.30. The molecular weight excluding hydrogens is 352 g/mol. The number of nitrogens with zero attached hydrogens (tertiary/aromatic N) is 1. The van der Waals surface area contributed by atoms with Gasteiger partial charge in [-0.1, -0.05) is 30.7 Å². The monoisotopic (exact) mass is 384 g/mol. The number of rotatable bonds is 5. The molecule has 5 heteroatoms. The molecule has 0 saturated heterocycles. The maximum Gasteiger partial charge on any atom is 0.407 e. The summed E-state index contributed by atoms with van der Waals surface area (Å²) >= 11 is 0. The lowest BCUT2D eigenvalue weighted by Crippen LogP contribution is -2.59. The summed E-state index contributed by atoms with van der Waals surface area (Å²) in [5, 5.41) is 2.84. The molecule has 0 aliphatic heterocycles. The number of carbonyl (C=O) groups excluding carboxylic acids is 2. The number of methoxy groups -OCH3 is 1. The fourth-order valence-corrected chi connectivity index (χ4v) is 5.05. The summed E-state index contributed by atoms with van der Waals surface area (Å²) in [6, 6.07) is 9.47. The smallest absolute Gasteiger partial charge is 0.407 e. The van der Waals surface area contributed by atoms with Crippen LogP contribution in [0.3, 0.4) is 0 Å². The molecule has 3 fully saturated rings. The summed E-state index contributed by atoms with van der Waals surface area (Å²) in [5.74, 6) is 1.57. The first-order valence-corrected chi connectivity index (χ1v) is 10.6. The molecule has 3 saturated carbocycles. The highest BCUT2D eigenvalue weighted by molar-refractivity contribution is 5.81. The van der Waals surface area contributed by atoms with Gasteiger partial charge in [-0.05, 0) is 68.4 Å². The molecule has 0 spiro atoms. The Hall–Kier alpha value is -2.04. The van der Waals surface area contributed by atoms with Crippen LogP contribution in [-0.4, -0.2) is 42.6 Å². The van der Waals surface area contributed by atoms with Crippen molar-refractivity contribution in [1.29, 1.82) is 0 Å². The Bertz CT molecular complexity index is 746. The average Bonchev–Trinajstić information content (AvgIpc) is 2.56. The molecule has 3 aliphatic rings. The number of hydrogen-bond donors (Lipinski definition) is 1. The van der Waals surface area contributed by atoms with Crippen molar-refractivity contribution in [1.82, 2.24) is 10.2 Å². The molecule has 0 aromatic heterocycles. The molecule has 0 radical (unpaired) electrons. The molecule has 0 bridgehead atoms. The second-order valence-electron chi connectivity index (χ2n) is 9.35. The molecule has 1 N–H and O–H groups in total. The van der Waals surface area contributed by atoms with Gasteiger partial charge in [0.25, 0.3) is 0 Å². The van der Waals surface area contributed by atoms with Crippen LogP contribution in [0.2, 0.25) is 0 Å². The van der Waals surface area contributed by atoms with Crippen LogP contribution in [0.5, 0.6) is 0 Å². The van der Waals surface area contributed by atoms with Crippen molar-refractivity contribution in [3.05, 3.63) is 35.4 Å². The number of amides is 2. The molecule has 152 valence electrons. The highest BCUT2D eigenvalue weighted by Crippen LogP contribution is 2.44. The van der Waals surface area contributed by atoms with Gasteiger partial charge < -0.3 is 15.0 Å². The van der Waals surface area contributed by atoms with Crippen LogP contribution < -0.4 is 5.32 Å². The number of nitrogens with one attached hydrogen (secondary N) is 1. The largest absolute Gasteiger partial charge is 0.453 e. The van der Waals surface area contributed by atoms with E-state index in [9.17, 15) is 9.59 Å². The molecule has 1 aromatic carbocycles. The Morgan fingerprint density at radius 3 is 2.36 bits per heavy atom. The minimum absolute atomic E-state index is 0.00755. The van der Waals surface area contributed by atoms with E-state index < -0.39 is 6.09 Å². The fraction of sp³-hybridized carbons (Fsp3) is 0.652. The summed E-state index contributed by atoms with van der Waals surface area (Å²) in [4.78, 5) is 26.2. The van der Waals surface area contributed by atoms with Crippen LogP contribution in [0.4, 0.5) is 4.79 Å². The van der Waals surface area contributed by atoms with Crippen LogP contribution in [0.15, 0.2) is 24.3 Å². The van der Waals surface area contributed by atoms with E-state index >= 15 is 0 Å². The summed E-state index contributed by atoms with van der Waals surface area (Å²) in [5.41, 5.74) is 2.63. The molecule has 4 rings (SSSR count). The summed E-state index contributed by atoms with van der Waals surface area (Å²) < 4.78 is 4.67. The molecule has 0 atom stereocenters. The lowest BCUT2D eigenvalue weighted by atomic mass is 9.68. The molecule has 28 heavy (non-hydrogen) atoms. The predicted octanol–water partition coefficient (Wildman–Crippen LogP) is 4.18. The third-order valence-corrected chi connectivity index (χ3v) is 7.30. The highest BCUT2D eigenvalue weighted by atomic mass is 16.5. The van der Waals surface area contributed by atoms with Crippen LogP contribution in [0.1, 0.15) is 74.8 Å². The van der Waals surface area contributed by atoms with Gasteiger partial charge in [0.1, 0.15) is 0 Å². The molecule has 2 amide bonds. The van der Waals surface area contributed by atoms with Gasteiger partial charge in [0, 0.05) is 24.5 Å². The maximum atomic E-state index is 12.8. The normalized spacial score (nSPS) is 31.8. The third kappa shape index (κ3) is 3.63. The van der Waals surface area contributed by atoms with E-state index in [2.05, 4.69) is 34.3 Å². The second-order valence-corrected chi connectivity index (χ2v) is 9.35. The van der Waals surface area contributed by atoms with Crippen LogP contribution >= 0.6 is 0 Å². The molecule has 1 aromatic rings. The van der Waals surface area contributed by atoms with Crippen LogP contribution in [0.25, 0.3) is 0 Å². The Morgan fingerprint density at radius 1 is 1.14 bits per heavy atom. The van der Waals surface area contributed by atoms with Crippen molar-refractivity contribution in [3.8, 4) is 0 Å². The van der Waals surface area contributed by atoms with Gasteiger partial charge in [-0.2, -0.15) is 0 Å². The van der Waals surface area contributed by atoms with E-state index in [1.807, 2.05) is 18.9 Å². The van der Waals surface area contributed by atoms with Crippen LogP contribution in [-0.2, 0) is 9.53 Å². The molecule has 0 heterocycles. The van der Waals surface area contributed by atoms with Crippen molar-refractivity contribution in [3.63, 3.8) is 0 Å². The van der Waals surface area contributed by atoms with Gasteiger partial charge in [-0.15, -0.1) is 0 Å². The first-order chi connectivity index (χ1) is 13.4. The average molecular weight is 385 g/mol. The van der Waals surface area contributed by atoms with E-state index in [1.165, 1.54) is 37.5 Å². The Morgan fingerprint density at radius 2 is 1.79 bits per heavy atom. The molecule has 0 unspecified atom stereocenters. The van der Waals surface area contributed by atoms with E-state index in [0.29, 0.717) is 24.8 Å². The predicted molar refractivity (Wildman–Crippen MR) is 108 cm³/mol. The number of alkyl carbamates (subject to hydrolysis) is 1. The summed E-state index contributed by atoms with van der Waals surface area (Å²) in [7, 11) is 3.31. The van der Waals surface area contributed by atoms with Crippen LogP contribution in [0, 0.1) is 5.92 Å². The standard InChI is InChI=1S/C23H32N2O3/c1-23(24-22(27)28-3)13-19(14-23)21(26)25(2)20-11-18(12-20)17-9-5-8-16(10-17)15-6-4-7-15/h5,8-10,15,18-20H,4,6-7,11-14H2,1-3H3,(H,24,27). The Kier molecular flexibility index (Phi) is 5.11. The van der Waals surface area contributed by atoms with Crippen molar-refractivity contribution in [2.75, 3.05) is 14.2 Å². The molecule has 3 aliphatic carbocycles. The van der Waals surface area contributed by atoms with E-state index in [1.54, 1.807) is 0 Å². The number of ether oxygens (including phenoxy) is 1. The fourth-order valence-electron chi connectivity index (χ4n) is 5.05. The SMILES string of the molecule is COC(=O)NC1(C)CC(C(=O)N(C)C2CC(c3cccc(C4CCC4)c3)C2)C1. The molecule has 5 nitrogen and oxygen atoms in total. The van der Waals surface area contributed by atoms with E-state index in [0.717, 1.165) is 18.8 Å². The van der Waals surface area contributed by atoms with E-state index in [-0.39, 0.29) is 17.4 Å². The van der Waals surface area contributed by atoms with Crippen molar-refractivity contribution >= 4 is 12.0 Å². The van der Waals surface area contributed by atoms with Gasteiger partial charge in [-0.3, -0.25) is 4.79 Å². The summed E-state index contributed by atoms with van der Waals surface area (Å²) in [6.45, 7) is 1.97. The Labute approximate surface area is 167 Å². The first-order valence-electron chi connectivity index (χ1n) is 10.6. The lowest BCUT2D eigenvalue weighted by molar-refractivity contribution is -0.143. The minimum Gasteiger partial charge on any atom is -0.453 e. The van der Waals surface area contributed by atoms with Gasteiger partial charge in [-0.25, -0.2) is 4.79 Å². The topological polar surface area (TPSA) is 58.6 Å². The van der Waals surface area contributed by atoms with Gasteiger partial charge >= 0.3 is 6.09 Å². The minimum atomic E-state index is -0.423. The molecular formula is C23H32N2O3.